The number of thioether (sulfide) groups is 1. The number of nitrogens with zero attached hydrogens (tertiary/aromatic N) is 3. The van der Waals surface area contributed by atoms with Crippen molar-refractivity contribution in [2.24, 2.45) is 13.0 Å². The Morgan fingerprint density at radius 1 is 1.43 bits per heavy atom. The van der Waals surface area contributed by atoms with Crippen molar-refractivity contribution in [3.05, 3.63) is 0 Å². The number of hydrogen-bond donors (Lipinski definition) is 2. The molecule has 118 valence electrons. The van der Waals surface area contributed by atoms with Crippen molar-refractivity contribution < 1.29 is 14.3 Å². The summed E-state index contributed by atoms with van der Waals surface area (Å²) < 4.78 is 6.28. The van der Waals surface area contributed by atoms with E-state index in [2.05, 4.69) is 15.5 Å². The van der Waals surface area contributed by atoms with Crippen LogP contribution in [0.4, 0.5) is 5.95 Å². The van der Waals surface area contributed by atoms with Crippen molar-refractivity contribution in [3.63, 3.8) is 0 Å². The number of hydrogen-bond acceptors (Lipinski definition) is 7. The molecule has 1 rings (SSSR count). The van der Waals surface area contributed by atoms with Crippen molar-refractivity contribution in [1.29, 1.82) is 0 Å². The summed E-state index contributed by atoms with van der Waals surface area (Å²) in [7, 11) is 3.02. The number of aromatic nitrogens is 3. The molecule has 0 spiro atoms. The normalized spacial score (nSPS) is 12.2. The van der Waals surface area contributed by atoms with E-state index in [0.717, 1.165) is 0 Å². The summed E-state index contributed by atoms with van der Waals surface area (Å²) in [5.74, 6) is -0.0364. The summed E-state index contributed by atoms with van der Waals surface area (Å²) in [5.41, 5.74) is 5.55. The summed E-state index contributed by atoms with van der Waals surface area (Å²) in [6, 6.07) is -0.632. The molecule has 0 saturated heterocycles. The number of nitrogens with one attached hydrogen (secondary N) is 1. The predicted octanol–water partition coefficient (Wildman–Crippen LogP) is 0.193. The van der Waals surface area contributed by atoms with E-state index in [1.807, 2.05) is 13.8 Å². The van der Waals surface area contributed by atoms with Gasteiger partial charge in [-0.1, -0.05) is 25.6 Å². The molecule has 8 nitrogen and oxygen atoms in total. The fourth-order valence-corrected chi connectivity index (χ4v) is 2.37. The highest BCUT2D eigenvalue weighted by Gasteiger charge is 2.22. The smallest absolute Gasteiger partial charge is 0.328 e. The molecule has 0 aromatic carbocycles. The molecule has 0 radical (unpaired) electrons. The van der Waals surface area contributed by atoms with Gasteiger partial charge in [0.25, 0.3) is 0 Å². The summed E-state index contributed by atoms with van der Waals surface area (Å²) in [6.45, 7) is 3.94. The highest BCUT2D eigenvalue weighted by atomic mass is 32.2. The third-order valence-electron chi connectivity index (χ3n) is 2.73. The fraction of sp³-hybridized carbons (Fsp3) is 0.667. The minimum absolute atomic E-state index is 0.123. The van der Waals surface area contributed by atoms with Gasteiger partial charge >= 0.3 is 5.97 Å². The molecular weight excluding hydrogens is 294 g/mol. The average molecular weight is 315 g/mol. The van der Waals surface area contributed by atoms with Crippen LogP contribution in [0.15, 0.2) is 5.16 Å². The number of ether oxygens (including phenoxy) is 1. The zero-order chi connectivity index (χ0) is 16.0. The van der Waals surface area contributed by atoms with Gasteiger partial charge in [0.2, 0.25) is 11.9 Å². The molecule has 0 aliphatic rings. The lowest BCUT2D eigenvalue weighted by Gasteiger charge is -2.18. The number of carbonyl (C=O) groups is 2. The standard InChI is InChI=1S/C12H21N5O3S/c1-7(2)5-8(10(19)20-4)14-9(18)6-21-12-16-15-11(13)17(12)3/h7-8H,5-6H2,1-4H3,(H2,13,15)(H,14,18). The molecule has 1 heterocycles. The van der Waals surface area contributed by atoms with Crippen LogP contribution < -0.4 is 11.1 Å². The Morgan fingerprint density at radius 2 is 2.10 bits per heavy atom. The van der Waals surface area contributed by atoms with E-state index in [4.69, 9.17) is 10.5 Å². The fourth-order valence-electron chi connectivity index (χ4n) is 1.65. The maximum absolute atomic E-state index is 11.9. The molecule has 0 aliphatic carbocycles. The van der Waals surface area contributed by atoms with Gasteiger partial charge in [0.15, 0.2) is 5.16 Å². The maximum atomic E-state index is 11.9. The van der Waals surface area contributed by atoms with Crippen LogP contribution in [0.25, 0.3) is 0 Å². The molecule has 1 aromatic heterocycles. The zero-order valence-electron chi connectivity index (χ0n) is 12.6. The Labute approximate surface area is 127 Å². The number of esters is 1. The van der Waals surface area contributed by atoms with E-state index in [9.17, 15) is 9.59 Å². The second-order valence-electron chi connectivity index (χ2n) is 4.96. The molecule has 0 saturated carbocycles. The van der Waals surface area contributed by atoms with Crippen LogP contribution in [-0.2, 0) is 21.4 Å². The first kappa shape index (κ1) is 17.3. The molecule has 1 aromatic rings. The quantitative estimate of drug-likeness (QED) is 0.545. The lowest BCUT2D eigenvalue weighted by atomic mass is 10.0. The molecule has 1 unspecified atom stereocenters. The number of rotatable bonds is 7. The molecule has 1 atom stereocenters. The van der Waals surface area contributed by atoms with Crippen LogP contribution in [0, 0.1) is 5.92 Å². The van der Waals surface area contributed by atoms with Crippen molar-refractivity contribution in [2.75, 3.05) is 18.6 Å². The molecule has 0 fully saturated rings. The second-order valence-corrected chi connectivity index (χ2v) is 5.90. The SMILES string of the molecule is COC(=O)C(CC(C)C)NC(=O)CSc1nnc(N)n1C. The van der Waals surface area contributed by atoms with Gasteiger partial charge in [0.1, 0.15) is 6.04 Å². The van der Waals surface area contributed by atoms with Crippen molar-refractivity contribution in [2.45, 2.75) is 31.5 Å². The van der Waals surface area contributed by atoms with Gasteiger partial charge in [-0.15, -0.1) is 10.2 Å². The van der Waals surface area contributed by atoms with Crippen molar-refractivity contribution >= 4 is 29.6 Å². The lowest BCUT2D eigenvalue weighted by Crippen LogP contribution is -2.43. The largest absolute Gasteiger partial charge is 0.467 e. The third kappa shape index (κ3) is 5.25. The Balaban J connectivity index is 2.54. The number of amides is 1. The molecular formula is C12H21N5O3S. The molecule has 1 amide bonds. The van der Waals surface area contributed by atoms with Gasteiger partial charge in [-0.05, 0) is 12.3 Å². The van der Waals surface area contributed by atoms with E-state index in [1.165, 1.54) is 18.9 Å². The first-order valence-corrected chi connectivity index (χ1v) is 7.48. The molecule has 9 heteroatoms. The van der Waals surface area contributed by atoms with Gasteiger partial charge in [-0.3, -0.25) is 9.36 Å². The topological polar surface area (TPSA) is 112 Å². The Kier molecular flexibility index (Phi) is 6.47. The van der Waals surface area contributed by atoms with E-state index in [1.54, 1.807) is 11.6 Å². The minimum Gasteiger partial charge on any atom is -0.467 e. The van der Waals surface area contributed by atoms with Crippen LogP contribution in [-0.4, -0.2) is 45.5 Å². The first-order chi connectivity index (χ1) is 9.85. The van der Waals surface area contributed by atoms with E-state index in [-0.39, 0.29) is 23.5 Å². The molecule has 21 heavy (non-hydrogen) atoms. The lowest BCUT2D eigenvalue weighted by molar-refractivity contribution is -0.145. The Bertz CT molecular complexity index is 503. The highest BCUT2D eigenvalue weighted by Crippen LogP contribution is 2.16. The first-order valence-electron chi connectivity index (χ1n) is 6.50. The number of anilines is 1. The number of nitrogens with two attached hydrogens (primary N) is 1. The van der Waals surface area contributed by atoms with Crippen LogP contribution >= 0.6 is 11.8 Å². The Morgan fingerprint density at radius 3 is 2.57 bits per heavy atom. The van der Waals surface area contributed by atoms with Crippen molar-refractivity contribution in [3.8, 4) is 0 Å². The Hall–Kier alpha value is -1.77. The summed E-state index contributed by atoms with van der Waals surface area (Å²) in [4.78, 5) is 23.5. The van der Waals surface area contributed by atoms with E-state index >= 15 is 0 Å². The monoisotopic (exact) mass is 315 g/mol. The van der Waals surface area contributed by atoms with Crippen LogP contribution in [0.5, 0.6) is 0 Å². The summed E-state index contributed by atoms with van der Waals surface area (Å²) in [5, 5.41) is 10.8. The predicted molar refractivity (Wildman–Crippen MR) is 79.5 cm³/mol. The average Bonchev–Trinajstić information content (AvgIpc) is 2.74. The molecule has 0 bridgehead atoms. The zero-order valence-corrected chi connectivity index (χ0v) is 13.4. The van der Waals surface area contributed by atoms with Gasteiger partial charge < -0.3 is 15.8 Å². The van der Waals surface area contributed by atoms with Gasteiger partial charge in [-0.25, -0.2) is 4.79 Å². The molecule has 3 N–H and O–H groups in total. The molecule has 0 aliphatic heterocycles. The van der Waals surface area contributed by atoms with Crippen molar-refractivity contribution in [1.82, 2.24) is 20.1 Å². The van der Waals surface area contributed by atoms with Gasteiger partial charge in [-0.2, -0.15) is 0 Å². The second kappa shape index (κ2) is 7.87. The minimum atomic E-state index is -0.632. The number of nitrogen functional groups attached to an aromatic ring is 1. The van der Waals surface area contributed by atoms with E-state index in [0.29, 0.717) is 11.6 Å². The van der Waals surface area contributed by atoms with E-state index < -0.39 is 12.0 Å². The highest BCUT2D eigenvalue weighted by molar-refractivity contribution is 7.99. The van der Waals surface area contributed by atoms with Crippen LogP contribution in [0.3, 0.4) is 0 Å². The van der Waals surface area contributed by atoms with Crippen LogP contribution in [0.1, 0.15) is 20.3 Å². The number of carbonyl (C=O) groups excluding carboxylic acids is 2. The summed E-state index contributed by atoms with van der Waals surface area (Å²) >= 11 is 1.20. The summed E-state index contributed by atoms with van der Waals surface area (Å²) in [6.07, 6.45) is 0.528. The van der Waals surface area contributed by atoms with Gasteiger partial charge in [0, 0.05) is 7.05 Å². The van der Waals surface area contributed by atoms with Crippen LogP contribution in [0.2, 0.25) is 0 Å². The number of methoxy groups -OCH3 is 1. The maximum Gasteiger partial charge on any atom is 0.328 e. The third-order valence-corrected chi connectivity index (χ3v) is 3.75. The van der Waals surface area contributed by atoms with Gasteiger partial charge in [0.05, 0.1) is 12.9 Å².